The van der Waals surface area contributed by atoms with Crippen molar-refractivity contribution in [3.8, 4) is 0 Å². The zero-order chi connectivity index (χ0) is 26.5. The molecule has 0 radical (unpaired) electrons. The molecule has 3 rings (SSSR count). The lowest BCUT2D eigenvalue weighted by molar-refractivity contribution is -0.146. The number of nitrogens with one attached hydrogen (secondary N) is 1. The molecule has 2 fully saturated rings. The van der Waals surface area contributed by atoms with Gasteiger partial charge in [0.25, 0.3) is 17.7 Å². The highest BCUT2D eigenvalue weighted by Gasteiger charge is 2.54. The molecule has 0 aromatic carbocycles. The highest BCUT2D eigenvalue weighted by Crippen LogP contribution is 2.24. The van der Waals surface area contributed by atoms with E-state index in [0.717, 1.165) is 37.0 Å². The summed E-state index contributed by atoms with van der Waals surface area (Å²) in [5.74, 6) is -2.54. The third-order valence-electron chi connectivity index (χ3n) is 5.38. The normalized spacial score (nSPS) is 20.8. The van der Waals surface area contributed by atoms with Crippen LogP contribution in [0.25, 0.3) is 0 Å². The number of amides is 4. The monoisotopic (exact) mass is 547 g/mol. The predicted molar refractivity (Wildman–Crippen MR) is 124 cm³/mol. The van der Waals surface area contributed by atoms with Gasteiger partial charge in [0.05, 0.1) is 0 Å². The molecule has 16 nitrogen and oxygen atoms in total. The van der Waals surface area contributed by atoms with Crippen LogP contribution >= 0.6 is 11.3 Å². The second kappa shape index (κ2) is 11.5. The van der Waals surface area contributed by atoms with Crippen LogP contribution in [0.15, 0.2) is 10.5 Å². The summed E-state index contributed by atoms with van der Waals surface area (Å²) in [6, 6.07) is -3.00. The van der Waals surface area contributed by atoms with Crippen molar-refractivity contribution in [3.05, 3.63) is 11.1 Å². The van der Waals surface area contributed by atoms with Crippen LogP contribution in [0, 0.1) is 0 Å². The van der Waals surface area contributed by atoms with E-state index >= 15 is 0 Å². The number of ether oxygens (including phenoxy) is 1. The number of hydrogen-bond acceptors (Lipinski definition) is 12. The first-order chi connectivity index (χ1) is 17.0. The summed E-state index contributed by atoms with van der Waals surface area (Å²) in [6.45, 7) is -0.0114. The SMILES string of the molecule is NC(=O)OC[C@@H]1[C@H](NC(=O)/C(=N\OCC(=O)N2CCCCCC2)c2csc(N)n2)C(=O)N1S(=O)(=O)O. The number of primary amides is 1. The second-order valence-electron chi connectivity index (χ2n) is 7.84. The van der Waals surface area contributed by atoms with Crippen molar-refractivity contribution in [1.29, 1.82) is 0 Å². The molecular weight excluding hydrogens is 522 g/mol. The number of likely N-dealkylation sites (tertiary alicyclic amines) is 1. The Bertz CT molecular complexity index is 1150. The molecule has 0 unspecified atom stereocenters. The summed E-state index contributed by atoms with van der Waals surface area (Å²) >= 11 is 0.986. The van der Waals surface area contributed by atoms with Crippen molar-refractivity contribution in [2.45, 2.75) is 37.8 Å². The fraction of sp³-hybridized carbons (Fsp3) is 0.556. The predicted octanol–water partition coefficient (Wildman–Crippen LogP) is -1.56. The summed E-state index contributed by atoms with van der Waals surface area (Å²) in [7, 11) is -5.01. The standard InChI is InChI=1S/C18H25N7O9S2/c19-17-21-10(9-35-17)13(23-34-8-12(26)24-5-3-1-2-4-6-24)15(27)22-14-11(7-33-18(20)29)25(16(14)28)36(30,31)32/h9,11,14H,1-8H2,(H2,19,21)(H2,20,29)(H,22,27)(H,30,31,32)/b23-13-/t11-,14+/m1/s1. The van der Waals surface area contributed by atoms with E-state index in [4.69, 9.17) is 16.3 Å². The lowest BCUT2D eigenvalue weighted by Crippen LogP contribution is -2.73. The van der Waals surface area contributed by atoms with E-state index in [1.54, 1.807) is 4.90 Å². The van der Waals surface area contributed by atoms with E-state index in [1.165, 1.54) is 5.38 Å². The molecule has 0 spiro atoms. The Labute approximate surface area is 209 Å². The fourth-order valence-electron chi connectivity index (χ4n) is 3.67. The van der Waals surface area contributed by atoms with Gasteiger partial charge in [-0.3, -0.25) is 18.9 Å². The van der Waals surface area contributed by atoms with Gasteiger partial charge in [0.1, 0.15) is 24.4 Å². The van der Waals surface area contributed by atoms with Crippen molar-refractivity contribution in [2.75, 3.05) is 32.0 Å². The van der Waals surface area contributed by atoms with Gasteiger partial charge in [-0.15, -0.1) is 11.3 Å². The quantitative estimate of drug-likeness (QED) is 0.119. The fourth-order valence-corrected chi connectivity index (χ4v) is 5.08. The van der Waals surface area contributed by atoms with Gasteiger partial charge in [-0.1, -0.05) is 18.0 Å². The van der Waals surface area contributed by atoms with E-state index in [9.17, 15) is 32.1 Å². The third-order valence-corrected chi connectivity index (χ3v) is 7.00. The maximum atomic E-state index is 13.0. The van der Waals surface area contributed by atoms with E-state index in [1.807, 2.05) is 0 Å². The molecule has 36 heavy (non-hydrogen) atoms. The minimum absolute atomic E-state index is 0.0273. The Hall–Kier alpha value is -3.51. The number of hydrogen-bond donors (Lipinski definition) is 4. The number of thiazole rings is 1. The highest BCUT2D eigenvalue weighted by atomic mass is 32.2. The minimum Gasteiger partial charge on any atom is -0.447 e. The van der Waals surface area contributed by atoms with Crippen molar-refractivity contribution in [3.63, 3.8) is 0 Å². The topological polar surface area (TPSA) is 237 Å². The lowest BCUT2D eigenvalue weighted by Gasteiger charge is -2.43. The second-order valence-corrected chi connectivity index (χ2v) is 10.0. The molecule has 0 saturated carbocycles. The Morgan fingerprint density at radius 2 is 1.92 bits per heavy atom. The molecular formula is C18H25N7O9S2. The first kappa shape index (κ1) is 27.1. The van der Waals surface area contributed by atoms with E-state index < -0.39 is 59.2 Å². The molecule has 4 amide bonds. The smallest absolute Gasteiger partial charge is 0.404 e. The van der Waals surface area contributed by atoms with Gasteiger partial charge >= 0.3 is 16.4 Å². The van der Waals surface area contributed by atoms with Crippen molar-refractivity contribution in [1.82, 2.24) is 19.5 Å². The molecule has 1 aromatic heterocycles. The van der Waals surface area contributed by atoms with Crippen LogP contribution in [0.3, 0.4) is 0 Å². The summed E-state index contributed by atoms with van der Waals surface area (Å²) < 4.78 is 36.8. The maximum absolute atomic E-state index is 13.0. The number of nitrogens with zero attached hydrogens (tertiary/aromatic N) is 4. The Kier molecular flexibility index (Phi) is 8.64. The summed E-state index contributed by atoms with van der Waals surface area (Å²) in [4.78, 5) is 59.3. The van der Waals surface area contributed by atoms with Gasteiger partial charge in [0, 0.05) is 18.5 Å². The highest BCUT2D eigenvalue weighted by molar-refractivity contribution is 7.84. The number of oxime groups is 1. The number of nitrogens with two attached hydrogens (primary N) is 2. The van der Waals surface area contributed by atoms with Gasteiger partial charge in [-0.2, -0.15) is 8.42 Å². The molecule has 0 bridgehead atoms. The average molecular weight is 548 g/mol. The first-order valence-corrected chi connectivity index (χ1v) is 13.0. The molecule has 6 N–H and O–H groups in total. The molecule has 2 atom stereocenters. The number of β-lactam (4-membered cyclic amide) rings is 1. The average Bonchev–Trinajstić information content (AvgIpc) is 3.04. The molecule has 2 aliphatic heterocycles. The van der Waals surface area contributed by atoms with Crippen LogP contribution in [-0.4, -0.2) is 95.1 Å². The lowest BCUT2D eigenvalue weighted by atomic mass is 9.99. The number of carbonyl (C=O) groups excluding carboxylic acids is 4. The summed E-state index contributed by atoms with van der Waals surface area (Å²) in [5.41, 5.74) is 10.0. The van der Waals surface area contributed by atoms with Crippen LogP contribution in [0.5, 0.6) is 0 Å². The van der Waals surface area contributed by atoms with Crippen molar-refractivity contribution < 1.29 is 41.7 Å². The number of nitrogen functional groups attached to an aromatic ring is 1. The Morgan fingerprint density at radius 1 is 1.25 bits per heavy atom. The zero-order valence-corrected chi connectivity index (χ0v) is 20.5. The number of aromatic nitrogens is 1. The number of anilines is 1. The van der Waals surface area contributed by atoms with E-state index in [-0.39, 0.29) is 21.0 Å². The van der Waals surface area contributed by atoms with Crippen molar-refractivity contribution in [2.24, 2.45) is 10.9 Å². The molecule has 3 heterocycles. The van der Waals surface area contributed by atoms with Gasteiger partial charge in [-0.05, 0) is 12.8 Å². The molecule has 18 heteroatoms. The molecule has 2 aliphatic rings. The maximum Gasteiger partial charge on any atom is 0.404 e. The molecule has 198 valence electrons. The number of rotatable bonds is 9. The Morgan fingerprint density at radius 3 is 2.47 bits per heavy atom. The number of carbonyl (C=O) groups is 4. The van der Waals surface area contributed by atoms with Crippen molar-refractivity contribution >= 4 is 56.3 Å². The zero-order valence-electron chi connectivity index (χ0n) is 18.9. The molecule has 2 saturated heterocycles. The molecule has 1 aromatic rings. The van der Waals surface area contributed by atoms with Gasteiger partial charge in [-0.25, -0.2) is 14.1 Å². The third kappa shape index (κ3) is 6.58. The minimum atomic E-state index is -5.01. The van der Waals surface area contributed by atoms with Gasteiger partial charge in [0.15, 0.2) is 17.5 Å². The molecule has 0 aliphatic carbocycles. The van der Waals surface area contributed by atoms with Gasteiger partial charge < -0.3 is 31.3 Å². The van der Waals surface area contributed by atoms with Crippen LogP contribution in [0.2, 0.25) is 0 Å². The van der Waals surface area contributed by atoms with Crippen LogP contribution in [0.1, 0.15) is 31.4 Å². The van der Waals surface area contributed by atoms with E-state index in [2.05, 4.69) is 20.2 Å². The van der Waals surface area contributed by atoms with Crippen LogP contribution in [-0.2, 0) is 34.3 Å². The van der Waals surface area contributed by atoms with Gasteiger partial charge in [0.2, 0.25) is 0 Å². The Balaban J connectivity index is 1.74. The summed E-state index contributed by atoms with van der Waals surface area (Å²) in [6.07, 6.45) is 2.53. The van der Waals surface area contributed by atoms with Crippen LogP contribution in [0.4, 0.5) is 9.93 Å². The summed E-state index contributed by atoms with van der Waals surface area (Å²) in [5, 5.41) is 7.43. The van der Waals surface area contributed by atoms with Crippen LogP contribution < -0.4 is 16.8 Å². The largest absolute Gasteiger partial charge is 0.447 e. The first-order valence-electron chi connectivity index (χ1n) is 10.7. The van der Waals surface area contributed by atoms with E-state index in [0.29, 0.717) is 13.1 Å².